The molecule has 2 aromatic heterocycles. The third-order valence-corrected chi connectivity index (χ3v) is 3.12. The lowest BCUT2D eigenvalue weighted by atomic mass is 10.1. The van der Waals surface area contributed by atoms with Crippen molar-refractivity contribution in [3.63, 3.8) is 0 Å². The highest BCUT2D eigenvalue weighted by molar-refractivity contribution is 5.90. The molecular formula is C15H12N2O2. The number of H-pyrrole nitrogens is 1. The normalized spacial score (nSPS) is 10.8. The summed E-state index contributed by atoms with van der Waals surface area (Å²) in [6, 6.07) is 13.3. The molecule has 0 aliphatic rings. The molecule has 1 aromatic carbocycles. The van der Waals surface area contributed by atoms with E-state index < -0.39 is 5.97 Å². The Morgan fingerprint density at radius 2 is 2.00 bits per heavy atom. The minimum absolute atomic E-state index is 0.236. The number of benzene rings is 1. The van der Waals surface area contributed by atoms with Gasteiger partial charge in [0.2, 0.25) is 0 Å². The van der Waals surface area contributed by atoms with Gasteiger partial charge in [0.15, 0.2) is 0 Å². The van der Waals surface area contributed by atoms with Gasteiger partial charge < -0.3 is 10.1 Å². The number of nitrogens with one attached hydrogen (secondary N) is 1. The molecule has 0 radical (unpaired) electrons. The lowest BCUT2D eigenvalue weighted by Gasteiger charge is -2.02. The van der Waals surface area contributed by atoms with E-state index in [2.05, 4.69) is 9.97 Å². The molecule has 0 bridgehead atoms. The fraction of sp³-hybridized carbons (Fsp3) is 0.0667. The number of carboxylic acids is 1. The van der Waals surface area contributed by atoms with Crippen molar-refractivity contribution in [1.82, 2.24) is 9.97 Å². The molecule has 4 nitrogen and oxygen atoms in total. The second-order valence-corrected chi connectivity index (χ2v) is 4.40. The summed E-state index contributed by atoms with van der Waals surface area (Å²) in [6.07, 6.45) is 0. The number of fused-ring (bicyclic) bond motifs is 1. The zero-order valence-electron chi connectivity index (χ0n) is 10.3. The first-order chi connectivity index (χ1) is 9.15. The second kappa shape index (κ2) is 4.24. The third-order valence-electron chi connectivity index (χ3n) is 3.12. The van der Waals surface area contributed by atoms with E-state index in [9.17, 15) is 4.79 Å². The van der Waals surface area contributed by atoms with Crippen molar-refractivity contribution in [2.75, 3.05) is 0 Å². The van der Waals surface area contributed by atoms with Crippen LogP contribution in [0.3, 0.4) is 0 Å². The monoisotopic (exact) mass is 252 g/mol. The zero-order chi connectivity index (χ0) is 13.4. The summed E-state index contributed by atoms with van der Waals surface area (Å²) in [4.78, 5) is 18.6. The predicted molar refractivity (Wildman–Crippen MR) is 73.2 cm³/mol. The van der Waals surface area contributed by atoms with Crippen LogP contribution < -0.4 is 0 Å². The third kappa shape index (κ3) is 1.97. The first-order valence-corrected chi connectivity index (χ1v) is 5.94. The van der Waals surface area contributed by atoms with E-state index in [1.165, 1.54) is 0 Å². The Bertz CT molecular complexity index is 742. The van der Waals surface area contributed by atoms with E-state index in [-0.39, 0.29) is 5.56 Å². The molecule has 0 unspecified atom stereocenters. The van der Waals surface area contributed by atoms with Crippen molar-refractivity contribution in [3.05, 3.63) is 53.7 Å². The van der Waals surface area contributed by atoms with Gasteiger partial charge in [-0.05, 0) is 31.2 Å². The van der Waals surface area contributed by atoms with Crippen LogP contribution in [0, 0.1) is 6.92 Å². The van der Waals surface area contributed by atoms with Crippen molar-refractivity contribution in [2.45, 2.75) is 6.92 Å². The number of carboxylic acid groups (broad SMARTS) is 1. The first kappa shape index (κ1) is 11.5. The Morgan fingerprint density at radius 3 is 2.68 bits per heavy atom. The fourth-order valence-electron chi connectivity index (χ4n) is 2.15. The van der Waals surface area contributed by atoms with Gasteiger partial charge in [0.25, 0.3) is 0 Å². The van der Waals surface area contributed by atoms with Crippen molar-refractivity contribution < 1.29 is 9.90 Å². The number of nitrogens with zero attached hydrogens (tertiary/aromatic N) is 1. The molecule has 0 saturated carbocycles. The number of aromatic nitrogens is 2. The van der Waals surface area contributed by atoms with E-state index in [1.54, 1.807) is 19.1 Å². The average molecular weight is 252 g/mol. The molecule has 2 N–H and O–H groups in total. The molecule has 0 amide bonds. The van der Waals surface area contributed by atoms with Gasteiger partial charge in [-0.3, -0.25) is 4.98 Å². The van der Waals surface area contributed by atoms with Crippen LogP contribution in [-0.4, -0.2) is 21.0 Å². The SMILES string of the molecule is Cc1nc(-c2cc3ccccc3[nH]2)ccc1C(=O)O. The molecule has 0 spiro atoms. The molecular weight excluding hydrogens is 240 g/mol. The van der Waals surface area contributed by atoms with Crippen LogP contribution in [0.4, 0.5) is 0 Å². The van der Waals surface area contributed by atoms with Crippen LogP contribution >= 0.6 is 0 Å². The largest absolute Gasteiger partial charge is 0.478 e. The minimum atomic E-state index is -0.951. The van der Waals surface area contributed by atoms with Crippen LogP contribution in [0.2, 0.25) is 0 Å². The molecule has 0 aliphatic heterocycles. The van der Waals surface area contributed by atoms with Crippen molar-refractivity contribution in [1.29, 1.82) is 0 Å². The minimum Gasteiger partial charge on any atom is -0.478 e. The molecule has 2 heterocycles. The molecule has 19 heavy (non-hydrogen) atoms. The Balaban J connectivity index is 2.11. The number of aromatic carboxylic acids is 1. The Kier molecular flexibility index (Phi) is 2.56. The molecule has 0 atom stereocenters. The highest BCUT2D eigenvalue weighted by Crippen LogP contribution is 2.23. The summed E-state index contributed by atoms with van der Waals surface area (Å²) >= 11 is 0. The van der Waals surface area contributed by atoms with E-state index in [1.807, 2.05) is 30.3 Å². The van der Waals surface area contributed by atoms with Gasteiger partial charge in [-0.2, -0.15) is 0 Å². The Hall–Kier alpha value is -2.62. The smallest absolute Gasteiger partial charge is 0.337 e. The lowest BCUT2D eigenvalue weighted by molar-refractivity contribution is 0.0695. The summed E-state index contributed by atoms with van der Waals surface area (Å²) in [6.45, 7) is 1.70. The average Bonchev–Trinajstić information content (AvgIpc) is 2.81. The fourth-order valence-corrected chi connectivity index (χ4v) is 2.15. The van der Waals surface area contributed by atoms with Gasteiger partial charge in [0.05, 0.1) is 22.6 Å². The van der Waals surface area contributed by atoms with E-state index in [0.717, 1.165) is 22.3 Å². The van der Waals surface area contributed by atoms with Crippen LogP contribution in [0.5, 0.6) is 0 Å². The summed E-state index contributed by atoms with van der Waals surface area (Å²) in [5.41, 5.74) is 3.43. The van der Waals surface area contributed by atoms with Gasteiger partial charge in [0.1, 0.15) is 0 Å². The quantitative estimate of drug-likeness (QED) is 0.735. The van der Waals surface area contributed by atoms with Crippen LogP contribution in [0.15, 0.2) is 42.5 Å². The predicted octanol–water partition coefficient (Wildman–Crippen LogP) is 3.24. The molecule has 4 heteroatoms. The number of rotatable bonds is 2. The van der Waals surface area contributed by atoms with Gasteiger partial charge in [0, 0.05) is 10.9 Å². The van der Waals surface area contributed by atoms with Crippen molar-refractivity contribution in [3.8, 4) is 11.4 Å². The van der Waals surface area contributed by atoms with Gasteiger partial charge in [-0.1, -0.05) is 18.2 Å². The lowest BCUT2D eigenvalue weighted by Crippen LogP contribution is -2.02. The number of hydrogen-bond acceptors (Lipinski definition) is 2. The Morgan fingerprint density at radius 1 is 1.21 bits per heavy atom. The van der Waals surface area contributed by atoms with Crippen molar-refractivity contribution in [2.24, 2.45) is 0 Å². The standard InChI is InChI=1S/C15H12N2O2/c1-9-11(15(18)19)6-7-13(16-9)14-8-10-4-2-3-5-12(10)17-14/h2-8,17H,1H3,(H,18,19). The van der Waals surface area contributed by atoms with Crippen LogP contribution in [0.1, 0.15) is 16.1 Å². The first-order valence-electron chi connectivity index (χ1n) is 5.94. The summed E-state index contributed by atoms with van der Waals surface area (Å²) < 4.78 is 0. The number of aromatic amines is 1. The van der Waals surface area contributed by atoms with Crippen LogP contribution in [-0.2, 0) is 0 Å². The molecule has 3 aromatic rings. The summed E-state index contributed by atoms with van der Waals surface area (Å²) in [7, 11) is 0. The topological polar surface area (TPSA) is 66.0 Å². The summed E-state index contributed by atoms with van der Waals surface area (Å²) in [5, 5.41) is 10.1. The maximum Gasteiger partial charge on any atom is 0.337 e. The maximum absolute atomic E-state index is 11.0. The van der Waals surface area contributed by atoms with Gasteiger partial charge >= 0.3 is 5.97 Å². The van der Waals surface area contributed by atoms with Gasteiger partial charge in [-0.25, -0.2) is 4.79 Å². The molecule has 0 saturated heterocycles. The van der Waals surface area contributed by atoms with Crippen molar-refractivity contribution >= 4 is 16.9 Å². The molecule has 0 fully saturated rings. The van der Waals surface area contributed by atoms with E-state index in [0.29, 0.717) is 5.69 Å². The number of pyridine rings is 1. The van der Waals surface area contributed by atoms with Gasteiger partial charge in [-0.15, -0.1) is 0 Å². The number of aryl methyl sites for hydroxylation is 1. The summed E-state index contributed by atoms with van der Waals surface area (Å²) in [5.74, 6) is -0.951. The molecule has 0 aliphatic carbocycles. The number of hydrogen-bond donors (Lipinski definition) is 2. The van der Waals surface area contributed by atoms with Crippen LogP contribution in [0.25, 0.3) is 22.3 Å². The Labute approximate surface area is 109 Å². The highest BCUT2D eigenvalue weighted by atomic mass is 16.4. The van der Waals surface area contributed by atoms with E-state index in [4.69, 9.17) is 5.11 Å². The second-order valence-electron chi connectivity index (χ2n) is 4.40. The maximum atomic E-state index is 11.0. The molecule has 94 valence electrons. The highest BCUT2D eigenvalue weighted by Gasteiger charge is 2.10. The molecule has 3 rings (SSSR count). The zero-order valence-corrected chi connectivity index (χ0v) is 10.3. The van der Waals surface area contributed by atoms with E-state index >= 15 is 0 Å². The number of para-hydroxylation sites is 1. The number of carbonyl (C=O) groups is 1.